The monoisotopic (exact) mass is 265 g/mol. The smallest absolute Gasteiger partial charge is 0.125 e. The molecule has 0 aromatic heterocycles. The number of hydrogen-bond acceptors (Lipinski definition) is 2. The van der Waals surface area contributed by atoms with Gasteiger partial charge in [-0.3, -0.25) is 0 Å². The highest BCUT2D eigenvalue weighted by atomic mass is 35.5. The van der Waals surface area contributed by atoms with Gasteiger partial charge in [0, 0.05) is 29.1 Å². The molecule has 1 aliphatic carbocycles. The molecule has 1 aromatic rings. The number of nitrogens with one attached hydrogen (secondary N) is 1. The highest BCUT2D eigenvalue weighted by Crippen LogP contribution is 2.42. The maximum atomic E-state index is 6.39. The lowest BCUT2D eigenvalue weighted by Gasteiger charge is -2.33. The molecule has 0 spiro atoms. The number of halogens is 1. The zero-order chi connectivity index (χ0) is 12.9. The van der Waals surface area contributed by atoms with Crippen LogP contribution in [0.3, 0.4) is 0 Å². The Morgan fingerprint density at radius 1 is 1.33 bits per heavy atom. The number of aryl methyl sites for hydroxylation is 1. The maximum absolute atomic E-state index is 6.39. The van der Waals surface area contributed by atoms with Gasteiger partial charge in [0.25, 0.3) is 0 Å². The highest BCUT2D eigenvalue weighted by molar-refractivity contribution is 6.32. The summed E-state index contributed by atoms with van der Waals surface area (Å²) >= 11 is 6.39. The summed E-state index contributed by atoms with van der Waals surface area (Å²) in [6.07, 6.45) is 3.91. The van der Waals surface area contributed by atoms with E-state index in [0.29, 0.717) is 12.1 Å². The predicted octanol–water partition coefficient (Wildman–Crippen LogP) is 3.92. The lowest BCUT2D eigenvalue weighted by molar-refractivity contribution is 0.165. The Hall–Kier alpha value is -0.730. The summed E-state index contributed by atoms with van der Waals surface area (Å²) in [5, 5.41) is 4.61. The van der Waals surface area contributed by atoms with E-state index in [1.165, 1.54) is 24.0 Å². The molecule has 1 aromatic carbocycles. The van der Waals surface area contributed by atoms with Crippen LogP contribution in [0.15, 0.2) is 6.07 Å². The Morgan fingerprint density at radius 2 is 2.06 bits per heavy atom. The van der Waals surface area contributed by atoms with E-state index in [9.17, 15) is 0 Å². The normalized spacial score (nSPS) is 26.7. The van der Waals surface area contributed by atoms with Gasteiger partial charge in [0.15, 0.2) is 0 Å². The van der Waals surface area contributed by atoms with Crippen molar-refractivity contribution < 1.29 is 4.74 Å². The van der Waals surface area contributed by atoms with Gasteiger partial charge in [0.05, 0.1) is 6.10 Å². The summed E-state index contributed by atoms with van der Waals surface area (Å²) in [5.74, 6) is 1.02. The molecule has 2 aliphatic rings. The Morgan fingerprint density at radius 3 is 2.72 bits per heavy atom. The molecule has 0 radical (unpaired) electrons. The van der Waals surface area contributed by atoms with E-state index in [2.05, 4.69) is 25.2 Å². The number of fused-ring (bicyclic) bond motifs is 1. The highest BCUT2D eigenvalue weighted by Gasteiger charge is 2.33. The zero-order valence-corrected chi connectivity index (χ0v) is 12.0. The van der Waals surface area contributed by atoms with Crippen molar-refractivity contribution in [2.75, 3.05) is 0 Å². The third-order valence-electron chi connectivity index (χ3n) is 3.95. The summed E-state index contributed by atoms with van der Waals surface area (Å²) < 4.78 is 5.98. The number of rotatable bonds is 2. The molecule has 1 heterocycles. The van der Waals surface area contributed by atoms with E-state index in [4.69, 9.17) is 16.3 Å². The summed E-state index contributed by atoms with van der Waals surface area (Å²) in [5.41, 5.74) is 3.56. The molecule has 3 heteroatoms. The molecule has 98 valence electrons. The lowest BCUT2D eigenvalue weighted by atomic mass is 9.91. The molecule has 1 saturated carbocycles. The molecule has 2 nitrogen and oxygen atoms in total. The first kappa shape index (κ1) is 12.3. The first-order valence-corrected chi connectivity index (χ1v) is 7.16. The summed E-state index contributed by atoms with van der Waals surface area (Å²) in [4.78, 5) is 0. The first-order valence-electron chi connectivity index (χ1n) is 6.78. The second-order valence-electron chi connectivity index (χ2n) is 5.70. The van der Waals surface area contributed by atoms with Crippen molar-refractivity contribution in [2.24, 2.45) is 0 Å². The van der Waals surface area contributed by atoms with Crippen molar-refractivity contribution in [3.8, 4) is 5.75 Å². The van der Waals surface area contributed by atoms with E-state index >= 15 is 0 Å². The van der Waals surface area contributed by atoms with E-state index in [0.717, 1.165) is 22.8 Å². The van der Waals surface area contributed by atoms with Crippen molar-refractivity contribution in [3.63, 3.8) is 0 Å². The molecule has 1 fully saturated rings. The standard InChI is InChI=1S/C15H20ClNO/c1-8-6-13-14(10(3)15(8)16)12(7-9(2)18-13)17-11-4-5-11/h6,9,11-12,17H,4-5,7H2,1-3H3. The van der Waals surface area contributed by atoms with Gasteiger partial charge in [-0.05, 0) is 50.8 Å². The molecule has 0 amide bonds. The van der Waals surface area contributed by atoms with E-state index in [-0.39, 0.29) is 6.10 Å². The quantitative estimate of drug-likeness (QED) is 0.875. The van der Waals surface area contributed by atoms with E-state index in [1.807, 2.05) is 6.92 Å². The minimum atomic E-state index is 0.272. The van der Waals surface area contributed by atoms with Crippen LogP contribution in [-0.2, 0) is 0 Å². The van der Waals surface area contributed by atoms with Gasteiger partial charge in [-0.2, -0.15) is 0 Å². The van der Waals surface area contributed by atoms with Crippen LogP contribution in [0, 0.1) is 13.8 Å². The fourth-order valence-corrected chi connectivity index (χ4v) is 3.02. The van der Waals surface area contributed by atoms with Crippen molar-refractivity contribution in [1.82, 2.24) is 5.32 Å². The molecule has 2 atom stereocenters. The molecule has 0 saturated heterocycles. The van der Waals surface area contributed by atoms with Crippen molar-refractivity contribution in [2.45, 2.75) is 58.2 Å². The largest absolute Gasteiger partial charge is 0.490 e. The van der Waals surface area contributed by atoms with Crippen LogP contribution in [0.2, 0.25) is 5.02 Å². The molecule has 3 rings (SSSR count). The number of benzene rings is 1. The lowest BCUT2D eigenvalue weighted by Crippen LogP contribution is -2.33. The summed E-state index contributed by atoms with van der Waals surface area (Å²) in [6, 6.07) is 3.18. The maximum Gasteiger partial charge on any atom is 0.125 e. The third kappa shape index (κ3) is 2.12. The molecular weight excluding hydrogens is 246 g/mol. The first-order chi connectivity index (χ1) is 8.56. The van der Waals surface area contributed by atoms with Crippen molar-refractivity contribution in [1.29, 1.82) is 0 Å². The second-order valence-corrected chi connectivity index (χ2v) is 6.08. The molecule has 0 bridgehead atoms. The van der Waals surface area contributed by atoms with Crippen LogP contribution in [-0.4, -0.2) is 12.1 Å². The van der Waals surface area contributed by atoms with Crippen LogP contribution in [0.1, 0.15) is 48.9 Å². The van der Waals surface area contributed by atoms with Gasteiger partial charge in [-0.15, -0.1) is 0 Å². The molecule has 2 unspecified atom stereocenters. The van der Waals surface area contributed by atoms with Gasteiger partial charge in [-0.1, -0.05) is 11.6 Å². The van der Waals surface area contributed by atoms with Crippen LogP contribution in [0.25, 0.3) is 0 Å². The topological polar surface area (TPSA) is 21.3 Å². The zero-order valence-electron chi connectivity index (χ0n) is 11.2. The number of ether oxygens (including phenoxy) is 1. The molecule has 1 N–H and O–H groups in total. The molecule has 18 heavy (non-hydrogen) atoms. The van der Waals surface area contributed by atoms with E-state index < -0.39 is 0 Å². The minimum Gasteiger partial charge on any atom is -0.490 e. The minimum absolute atomic E-state index is 0.272. The summed E-state index contributed by atoms with van der Waals surface area (Å²) in [7, 11) is 0. The summed E-state index contributed by atoms with van der Waals surface area (Å²) in [6.45, 7) is 6.29. The van der Waals surface area contributed by atoms with Gasteiger partial charge in [0.2, 0.25) is 0 Å². The number of hydrogen-bond donors (Lipinski definition) is 1. The van der Waals surface area contributed by atoms with Crippen LogP contribution in [0.4, 0.5) is 0 Å². The Labute approximate surface area is 114 Å². The van der Waals surface area contributed by atoms with Gasteiger partial charge < -0.3 is 10.1 Å². The fourth-order valence-electron chi connectivity index (χ4n) is 2.87. The Bertz CT molecular complexity index is 482. The second kappa shape index (κ2) is 4.43. The van der Waals surface area contributed by atoms with Crippen molar-refractivity contribution in [3.05, 3.63) is 27.8 Å². The van der Waals surface area contributed by atoms with E-state index in [1.54, 1.807) is 0 Å². The average Bonchev–Trinajstić information content (AvgIpc) is 3.09. The van der Waals surface area contributed by atoms with Gasteiger partial charge in [0.1, 0.15) is 5.75 Å². The molecule has 1 aliphatic heterocycles. The van der Waals surface area contributed by atoms with Crippen molar-refractivity contribution >= 4 is 11.6 Å². The molecular formula is C15H20ClNO. The Kier molecular flexibility index (Phi) is 3.03. The predicted molar refractivity (Wildman–Crippen MR) is 74.5 cm³/mol. The SMILES string of the molecule is Cc1cc2c(c(C)c1Cl)C(NC1CC1)CC(C)O2. The van der Waals surface area contributed by atoms with Crippen LogP contribution >= 0.6 is 11.6 Å². The average molecular weight is 266 g/mol. The van der Waals surface area contributed by atoms with Gasteiger partial charge in [-0.25, -0.2) is 0 Å². The Balaban J connectivity index is 2.03. The fraction of sp³-hybridized carbons (Fsp3) is 0.600. The van der Waals surface area contributed by atoms with Crippen LogP contribution in [0.5, 0.6) is 5.75 Å². The van der Waals surface area contributed by atoms with Crippen LogP contribution < -0.4 is 10.1 Å². The van der Waals surface area contributed by atoms with Gasteiger partial charge >= 0.3 is 0 Å². The third-order valence-corrected chi connectivity index (χ3v) is 4.53.